The van der Waals surface area contributed by atoms with Gasteiger partial charge < -0.3 is 20.5 Å². The maximum atomic E-state index is 10.9. The highest BCUT2D eigenvalue weighted by Gasteiger charge is 2.43. The van der Waals surface area contributed by atoms with Gasteiger partial charge in [-0.05, 0) is 48.9 Å². The molecule has 1 saturated carbocycles. The number of rotatable bonds is 2. The number of nitrogen functional groups attached to an aromatic ring is 1. The van der Waals surface area contributed by atoms with E-state index in [-0.39, 0.29) is 6.10 Å². The third-order valence-corrected chi connectivity index (χ3v) is 4.16. The van der Waals surface area contributed by atoms with E-state index in [4.69, 9.17) is 15.6 Å². The second-order valence-electron chi connectivity index (χ2n) is 5.49. The van der Waals surface area contributed by atoms with Gasteiger partial charge in [-0.3, -0.25) is 0 Å². The second-order valence-corrected chi connectivity index (χ2v) is 5.49. The number of hydrogen-bond donors (Lipinski definition) is 2. The Kier molecular flexibility index (Phi) is 2.97. The Morgan fingerprint density at radius 1 is 1.21 bits per heavy atom. The lowest BCUT2D eigenvalue weighted by atomic mass is 10.0. The molecule has 1 aliphatic heterocycles. The summed E-state index contributed by atoms with van der Waals surface area (Å²) in [7, 11) is 0. The number of carbonyl (C=O) groups is 1. The van der Waals surface area contributed by atoms with Crippen molar-refractivity contribution in [3.8, 4) is 5.75 Å². The summed E-state index contributed by atoms with van der Waals surface area (Å²) >= 11 is 0. The normalized spacial score (nSPS) is 29.3. The summed E-state index contributed by atoms with van der Waals surface area (Å²) in [6.45, 7) is 1.31. The molecule has 1 amide bonds. The number of amides is 1. The molecule has 1 saturated heterocycles. The molecule has 3 N–H and O–H groups in total. The lowest BCUT2D eigenvalue weighted by Crippen LogP contribution is -2.29. The predicted molar refractivity (Wildman–Crippen MR) is 71.1 cm³/mol. The van der Waals surface area contributed by atoms with E-state index in [9.17, 15) is 4.79 Å². The summed E-state index contributed by atoms with van der Waals surface area (Å²) < 4.78 is 5.94. The van der Waals surface area contributed by atoms with E-state index in [1.165, 1.54) is 4.90 Å². The molecule has 0 aromatic heterocycles. The minimum atomic E-state index is -0.801. The number of anilines is 1. The van der Waals surface area contributed by atoms with E-state index in [1.807, 2.05) is 24.3 Å². The van der Waals surface area contributed by atoms with Crippen LogP contribution in [0, 0.1) is 11.8 Å². The minimum absolute atomic E-state index is 0.203. The van der Waals surface area contributed by atoms with Crippen LogP contribution in [-0.2, 0) is 0 Å². The third kappa shape index (κ3) is 2.45. The molecule has 0 unspecified atom stereocenters. The van der Waals surface area contributed by atoms with Crippen LogP contribution in [0.5, 0.6) is 5.75 Å². The highest BCUT2D eigenvalue weighted by molar-refractivity contribution is 5.65. The smallest absolute Gasteiger partial charge is 0.407 e. The Hall–Kier alpha value is -1.91. The monoisotopic (exact) mass is 262 g/mol. The first kappa shape index (κ1) is 12.1. The molecule has 3 atom stereocenters. The molecule has 1 aromatic rings. The van der Waals surface area contributed by atoms with Crippen molar-refractivity contribution in [3.63, 3.8) is 0 Å². The summed E-state index contributed by atoms with van der Waals surface area (Å²) in [5.74, 6) is 1.75. The number of carboxylic acid groups (broad SMARTS) is 1. The van der Waals surface area contributed by atoms with Crippen LogP contribution in [0.15, 0.2) is 24.3 Å². The molecule has 1 aromatic carbocycles. The summed E-state index contributed by atoms with van der Waals surface area (Å²) in [4.78, 5) is 12.4. The molecule has 1 heterocycles. The molecule has 0 bridgehead atoms. The van der Waals surface area contributed by atoms with Gasteiger partial charge in [0.1, 0.15) is 5.75 Å². The molecule has 1 aliphatic carbocycles. The van der Waals surface area contributed by atoms with Crippen LogP contribution in [0.25, 0.3) is 0 Å². The zero-order valence-corrected chi connectivity index (χ0v) is 10.7. The van der Waals surface area contributed by atoms with Crippen LogP contribution < -0.4 is 10.5 Å². The Bertz CT molecular complexity index is 460. The largest absolute Gasteiger partial charge is 0.490 e. The van der Waals surface area contributed by atoms with Crippen molar-refractivity contribution in [2.75, 3.05) is 18.8 Å². The molecule has 2 fully saturated rings. The third-order valence-electron chi connectivity index (χ3n) is 4.16. The summed E-state index contributed by atoms with van der Waals surface area (Å²) in [6.07, 6.45) is 1.29. The SMILES string of the molecule is Nc1ccc(O[C@@H]2C[C@@H]3CN(C(=O)O)C[C@@H]3C2)cc1. The molecule has 5 nitrogen and oxygen atoms in total. The number of nitrogens with two attached hydrogens (primary N) is 1. The van der Waals surface area contributed by atoms with Gasteiger partial charge in [0.2, 0.25) is 0 Å². The lowest BCUT2D eigenvalue weighted by Gasteiger charge is -2.17. The molecular weight excluding hydrogens is 244 g/mol. The minimum Gasteiger partial charge on any atom is -0.490 e. The van der Waals surface area contributed by atoms with Crippen LogP contribution in [0.1, 0.15) is 12.8 Å². The van der Waals surface area contributed by atoms with Crippen molar-refractivity contribution in [2.45, 2.75) is 18.9 Å². The number of fused-ring (bicyclic) bond motifs is 1. The molecule has 0 radical (unpaired) electrons. The molecule has 5 heteroatoms. The Morgan fingerprint density at radius 3 is 2.32 bits per heavy atom. The number of nitrogens with zero attached hydrogens (tertiary/aromatic N) is 1. The van der Waals surface area contributed by atoms with Gasteiger partial charge in [0.05, 0.1) is 6.10 Å². The molecular formula is C14H18N2O3. The highest BCUT2D eigenvalue weighted by atomic mass is 16.5. The van der Waals surface area contributed by atoms with Gasteiger partial charge in [0.25, 0.3) is 0 Å². The van der Waals surface area contributed by atoms with E-state index in [0.29, 0.717) is 24.9 Å². The summed E-state index contributed by atoms with van der Waals surface area (Å²) in [5.41, 5.74) is 6.37. The van der Waals surface area contributed by atoms with Crippen molar-refractivity contribution in [1.82, 2.24) is 4.90 Å². The average molecular weight is 262 g/mol. The van der Waals surface area contributed by atoms with Gasteiger partial charge in [-0.15, -0.1) is 0 Å². The first-order chi connectivity index (χ1) is 9.11. The zero-order chi connectivity index (χ0) is 13.4. The summed E-state index contributed by atoms with van der Waals surface area (Å²) in [6, 6.07) is 7.43. The number of hydrogen-bond acceptors (Lipinski definition) is 3. The first-order valence-electron chi connectivity index (χ1n) is 6.62. The van der Waals surface area contributed by atoms with Crippen molar-refractivity contribution in [1.29, 1.82) is 0 Å². The topological polar surface area (TPSA) is 75.8 Å². The van der Waals surface area contributed by atoms with E-state index in [0.717, 1.165) is 24.3 Å². The molecule has 3 rings (SSSR count). The van der Waals surface area contributed by atoms with Gasteiger partial charge in [-0.2, -0.15) is 0 Å². The van der Waals surface area contributed by atoms with Crippen molar-refractivity contribution < 1.29 is 14.6 Å². The Morgan fingerprint density at radius 2 is 1.79 bits per heavy atom. The van der Waals surface area contributed by atoms with Crippen molar-refractivity contribution >= 4 is 11.8 Å². The van der Waals surface area contributed by atoms with Crippen molar-refractivity contribution in [3.05, 3.63) is 24.3 Å². The standard InChI is InChI=1S/C14H18N2O3/c15-11-1-3-12(4-2-11)19-13-5-9-7-16(14(17)18)8-10(9)6-13/h1-4,9-10,13H,5-8,15H2,(H,17,18)/t9-,10+,13-. The molecule has 2 aliphatic rings. The van der Waals surface area contributed by atoms with Crippen LogP contribution >= 0.6 is 0 Å². The Labute approximate surface area is 112 Å². The Balaban J connectivity index is 1.57. The highest BCUT2D eigenvalue weighted by Crippen LogP contribution is 2.39. The maximum Gasteiger partial charge on any atom is 0.407 e. The second kappa shape index (κ2) is 4.64. The van der Waals surface area contributed by atoms with Gasteiger partial charge in [-0.1, -0.05) is 0 Å². The van der Waals surface area contributed by atoms with Gasteiger partial charge in [-0.25, -0.2) is 4.79 Å². The molecule has 102 valence electrons. The van der Waals surface area contributed by atoms with Crippen LogP contribution in [0.2, 0.25) is 0 Å². The van der Waals surface area contributed by atoms with Gasteiger partial charge in [0, 0.05) is 18.8 Å². The lowest BCUT2D eigenvalue weighted by molar-refractivity contribution is 0.144. The van der Waals surface area contributed by atoms with Gasteiger partial charge >= 0.3 is 6.09 Å². The predicted octanol–water partition coefficient (Wildman–Crippen LogP) is 2.04. The van der Waals surface area contributed by atoms with Crippen molar-refractivity contribution in [2.24, 2.45) is 11.8 Å². The quantitative estimate of drug-likeness (QED) is 0.800. The fraction of sp³-hybridized carbons (Fsp3) is 0.500. The maximum absolute atomic E-state index is 10.9. The fourth-order valence-electron chi connectivity index (χ4n) is 3.24. The van der Waals surface area contributed by atoms with E-state index < -0.39 is 6.09 Å². The van der Waals surface area contributed by atoms with Gasteiger partial charge in [0.15, 0.2) is 0 Å². The molecule has 0 spiro atoms. The van der Waals surface area contributed by atoms with E-state index >= 15 is 0 Å². The van der Waals surface area contributed by atoms with Crippen LogP contribution in [0.4, 0.5) is 10.5 Å². The number of ether oxygens (including phenoxy) is 1. The summed E-state index contributed by atoms with van der Waals surface area (Å²) in [5, 5.41) is 8.98. The number of benzene rings is 1. The van der Waals surface area contributed by atoms with E-state index in [1.54, 1.807) is 0 Å². The first-order valence-corrected chi connectivity index (χ1v) is 6.62. The number of likely N-dealkylation sites (tertiary alicyclic amines) is 1. The van der Waals surface area contributed by atoms with E-state index in [2.05, 4.69) is 0 Å². The zero-order valence-electron chi connectivity index (χ0n) is 10.7. The average Bonchev–Trinajstić information content (AvgIpc) is 2.90. The molecule has 19 heavy (non-hydrogen) atoms. The van der Waals surface area contributed by atoms with Crippen LogP contribution in [-0.4, -0.2) is 35.3 Å². The van der Waals surface area contributed by atoms with Crippen LogP contribution in [0.3, 0.4) is 0 Å². The fourth-order valence-corrected chi connectivity index (χ4v) is 3.24.